The SMILES string of the molecule is C[PH]1(O)OCC2(CCN(Cc3ccc(C(=O)Nc4cc(-c5cccs5)ccc4N)cc3)CC2)CO1. The molecule has 0 saturated carbocycles. The predicted octanol–water partition coefficient (Wildman–Crippen LogP) is 5.00. The molecule has 2 fully saturated rings. The topological polar surface area (TPSA) is 97.1 Å². The third-order valence-electron chi connectivity index (χ3n) is 6.94. The van der Waals surface area contributed by atoms with Gasteiger partial charge in [-0.15, -0.1) is 11.3 Å². The van der Waals surface area contributed by atoms with Gasteiger partial charge in [0, 0.05) is 4.88 Å². The molecular formula is C26H32N3O4PS. The number of hydrogen-bond acceptors (Lipinski definition) is 7. The van der Waals surface area contributed by atoms with Crippen LogP contribution in [0.2, 0.25) is 0 Å². The Hall–Kier alpha value is -2.32. The van der Waals surface area contributed by atoms with Crippen LogP contribution in [0.4, 0.5) is 11.4 Å². The van der Waals surface area contributed by atoms with Crippen LogP contribution in [0.3, 0.4) is 0 Å². The van der Waals surface area contributed by atoms with Gasteiger partial charge < -0.3 is 11.1 Å². The van der Waals surface area contributed by atoms with Gasteiger partial charge in [-0.3, -0.25) is 4.79 Å². The van der Waals surface area contributed by atoms with E-state index in [9.17, 15) is 9.69 Å². The van der Waals surface area contributed by atoms with Gasteiger partial charge >= 0.3 is 126 Å². The summed E-state index contributed by atoms with van der Waals surface area (Å²) >= 11 is 1.65. The van der Waals surface area contributed by atoms with E-state index in [-0.39, 0.29) is 11.3 Å². The molecule has 2 aliphatic rings. The van der Waals surface area contributed by atoms with Gasteiger partial charge in [0.15, 0.2) is 0 Å². The normalized spacial score (nSPS) is 20.4. The van der Waals surface area contributed by atoms with Crippen LogP contribution in [0.15, 0.2) is 60.0 Å². The van der Waals surface area contributed by atoms with Crippen molar-refractivity contribution in [3.8, 4) is 10.4 Å². The van der Waals surface area contributed by atoms with E-state index in [1.165, 1.54) is 5.56 Å². The van der Waals surface area contributed by atoms with Crippen LogP contribution >= 0.6 is 19.3 Å². The van der Waals surface area contributed by atoms with Crippen molar-refractivity contribution in [1.29, 1.82) is 0 Å². The monoisotopic (exact) mass is 513 g/mol. The Labute approximate surface area is 210 Å². The second kappa shape index (κ2) is 9.97. The quantitative estimate of drug-likeness (QED) is 0.328. The third kappa shape index (κ3) is 5.75. The van der Waals surface area contributed by atoms with Crippen molar-refractivity contribution in [2.45, 2.75) is 19.4 Å². The molecule has 5 rings (SSSR count). The molecule has 0 aliphatic carbocycles. The maximum absolute atomic E-state index is 12.9. The van der Waals surface area contributed by atoms with Crippen LogP contribution in [0, 0.1) is 5.41 Å². The van der Waals surface area contributed by atoms with E-state index in [0.717, 1.165) is 42.9 Å². The number of nitrogen functional groups attached to an aromatic ring is 1. The summed E-state index contributed by atoms with van der Waals surface area (Å²) in [6.07, 6.45) is 1.98. The zero-order chi connectivity index (χ0) is 24.5. The molecule has 9 heteroatoms. The molecule has 4 N–H and O–H groups in total. The number of likely N-dealkylation sites (tertiary alicyclic amines) is 1. The van der Waals surface area contributed by atoms with E-state index in [0.29, 0.717) is 30.2 Å². The molecule has 0 atom stereocenters. The Kier molecular flexibility index (Phi) is 6.95. The second-order valence-corrected chi connectivity index (χ2v) is 13.0. The summed E-state index contributed by atoms with van der Waals surface area (Å²) in [4.78, 5) is 26.4. The first kappa shape index (κ1) is 24.4. The summed E-state index contributed by atoms with van der Waals surface area (Å²) in [5.41, 5.74) is 10.1. The van der Waals surface area contributed by atoms with Gasteiger partial charge in [-0.25, -0.2) is 0 Å². The average Bonchev–Trinajstić information content (AvgIpc) is 3.40. The summed E-state index contributed by atoms with van der Waals surface area (Å²) < 4.78 is 11.3. The Morgan fingerprint density at radius 1 is 1.14 bits per heavy atom. The number of anilines is 2. The van der Waals surface area contributed by atoms with E-state index >= 15 is 0 Å². The first-order chi connectivity index (χ1) is 16.8. The molecule has 186 valence electrons. The third-order valence-corrected chi connectivity index (χ3v) is 9.22. The van der Waals surface area contributed by atoms with Crippen LogP contribution < -0.4 is 11.1 Å². The van der Waals surface area contributed by atoms with Gasteiger partial charge in [-0.05, 0) is 29.1 Å². The number of hydrogen-bond donors (Lipinski definition) is 3. The van der Waals surface area contributed by atoms with Crippen LogP contribution in [0.1, 0.15) is 28.8 Å². The second-order valence-electron chi connectivity index (χ2n) is 9.68. The molecular weight excluding hydrogens is 481 g/mol. The first-order valence-corrected chi connectivity index (χ1v) is 15.0. The fourth-order valence-electron chi connectivity index (χ4n) is 4.61. The van der Waals surface area contributed by atoms with Crippen LogP contribution in [0.5, 0.6) is 0 Å². The number of piperidine rings is 1. The van der Waals surface area contributed by atoms with E-state index in [1.807, 2.05) is 60.0 Å². The van der Waals surface area contributed by atoms with Gasteiger partial charge in [0.05, 0.1) is 11.4 Å². The van der Waals surface area contributed by atoms with Crippen molar-refractivity contribution in [2.24, 2.45) is 5.41 Å². The van der Waals surface area contributed by atoms with Gasteiger partial charge in [-0.1, -0.05) is 12.1 Å². The van der Waals surface area contributed by atoms with E-state index in [4.69, 9.17) is 14.8 Å². The maximum atomic E-state index is 12.9. The fourth-order valence-corrected chi connectivity index (χ4v) is 6.56. The van der Waals surface area contributed by atoms with Crippen LogP contribution in [0.25, 0.3) is 10.4 Å². The summed E-state index contributed by atoms with van der Waals surface area (Å²) in [5, 5.41) is 4.99. The number of nitrogens with zero attached hydrogens (tertiary/aromatic N) is 1. The standard InChI is InChI=1S/C26H32N3O4PS/c1-34(31)32-17-26(18-33-34)10-12-29(13-11-26)16-19-4-6-20(7-5-19)25(30)28-23-15-21(8-9-22(23)27)24-3-2-14-35-24/h2-9,14-15,31,34H,10-13,16-18,27H2,1H3,(H,28,30). The van der Waals surface area contributed by atoms with Crippen molar-refractivity contribution in [1.82, 2.24) is 4.90 Å². The zero-order valence-corrected chi connectivity index (χ0v) is 21.6. The Morgan fingerprint density at radius 3 is 2.51 bits per heavy atom. The predicted molar refractivity (Wildman–Crippen MR) is 144 cm³/mol. The molecule has 0 bridgehead atoms. The number of benzene rings is 2. The van der Waals surface area contributed by atoms with Gasteiger partial charge in [-0.2, -0.15) is 0 Å². The molecule has 35 heavy (non-hydrogen) atoms. The molecule has 2 aromatic carbocycles. The molecule has 1 amide bonds. The molecule has 2 aliphatic heterocycles. The Bertz CT molecular complexity index is 1160. The number of rotatable bonds is 5. The number of carbonyl (C=O) groups excluding carboxylic acids is 1. The number of amides is 1. The summed E-state index contributed by atoms with van der Waals surface area (Å²) in [5.74, 6) is -0.178. The number of carbonyl (C=O) groups is 1. The molecule has 7 nitrogen and oxygen atoms in total. The molecule has 2 saturated heterocycles. The number of nitrogens with one attached hydrogen (secondary N) is 1. The van der Waals surface area contributed by atoms with E-state index in [2.05, 4.69) is 10.2 Å². The number of thiophene rings is 1. The zero-order valence-electron chi connectivity index (χ0n) is 19.8. The van der Waals surface area contributed by atoms with Crippen molar-refractivity contribution in [2.75, 3.05) is 44.0 Å². The first-order valence-electron chi connectivity index (χ1n) is 11.9. The Balaban J connectivity index is 1.16. The Morgan fingerprint density at radius 2 is 1.86 bits per heavy atom. The summed E-state index contributed by atoms with van der Waals surface area (Å²) in [7, 11) is -2.89. The minimum atomic E-state index is -2.89. The average molecular weight is 514 g/mol. The molecule has 0 unspecified atom stereocenters. The summed E-state index contributed by atoms with van der Waals surface area (Å²) in [6.45, 7) is 5.60. The number of nitrogens with two attached hydrogens (primary N) is 1. The van der Waals surface area contributed by atoms with E-state index in [1.54, 1.807) is 18.0 Å². The van der Waals surface area contributed by atoms with Crippen LogP contribution in [-0.2, 0) is 15.6 Å². The van der Waals surface area contributed by atoms with Crippen molar-refractivity contribution >= 4 is 36.6 Å². The van der Waals surface area contributed by atoms with Crippen molar-refractivity contribution < 1.29 is 18.7 Å². The molecule has 1 aromatic heterocycles. The van der Waals surface area contributed by atoms with Gasteiger partial charge in [0.25, 0.3) is 0 Å². The fraction of sp³-hybridized carbons (Fsp3) is 0.346. The van der Waals surface area contributed by atoms with Gasteiger partial charge in [0.1, 0.15) is 0 Å². The van der Waals surface area contributed by atoms with Gasteiger partial charge in [0.2, 0.25) is 0 Å². The summed E-state index contributed by atoms with van der Waals surface area (Å²) in [6, 6.07) is 17.5. The molecule has 1 spiro atoms. The molecule has 0 radical (unpaired) electrons. The molecule has 3 heterocycles. The minimum absolute atomic E-state index is 0.0241. The van der Waals surface area contributed by atoms with Crippen molar-refractivity contribution in [3.63, 3.8) is 0 Å². The van der Waals surface area contributed by atoms with Crippen molar-refractivity contribution in [3.05, 3.63) is 71.1 Å². The van der Waals surface area contributed by atoms with Crippen LogP contribution in [-0.4, -0.2) is 48.7 Å². The molecule has 3 aromatic rings. The van der Waals surface area contributed by atoms with E-state index < -0.39 is 7.94 Å².